The standard InChI is InChI=1S/C15H18F3N3O2/c1-21(14(23)15(16,17)18)9-10-3-2-4-12(7-10)20-13(22)11-5-6-19-8-11/h2-4,7,11,19H,5-6,8-9H2,1H3,(H,20,22). The number of benzene rings is 1. The van der Waals surface area contributed by atoms with E-state index in [0.717, 1.165) is 20.0 Å². The zero-order valence-corrected chi connectivity index (χ0v) is 12.6. The third-order valence-corrected chi connectivity index (χ3v) is 3.63. The molecule has 2 amide bonds. The lowest BCUT2D eigenvalue weighted by Gasteiger charge is -2.19. The van der Waals surface area contributed by atoms with Crippen molar-refractivity contribution in [3.8, 4) is 0 Å². The van der Waals surface area contributed by atoms with Crippen molar-refractivity contribution in [2.45, 2.75) is 19.1 Å². The second kappa shape index (κ2) is 6.99. The van der Waals surface area contributed by atoms with E-state index in [1.165, 1.54) is 0 Å². The van der Waals surface area contributed by atoms with E-state index < -0.39 is 12.1 Å². The van der Waals surface area contributed by atoms with E-state index in [1.54, 1.807) is 24.3 Å². The largest absolute Gasteiger partial charge is 0.471 e. The summed E-state index contributed by atoms with van der Waals surface area (Å²) in [4.78, 5) is 23.8. The van der Waals surface area contributed by atoms with E-state index in [-0.39, 0.29) is 18.4 Å². The van der Waals surface area contributed by atoms with Crippen molar-refractivity contribution >= 4 is 17.5 Å². The Morgan fingerprint density at radius 2 is 2.13 bits per heavy atom. The molecule has 1 aromatic rings. The van der Waals surface area contributed by atoms with Crippen LogP contribution in [-0.4, -0.2) is 43.0 Å². The highest BCUT2D eigenvalue weighted by Gasteiger charge is 2.41. The Hall–Kier alpha value is -2.09. The second-order valence-electron chi connectivity index (χ2n) is 5.54. The van der Waals surface area contributed by atoms with Crippen LogP contribution in [0.5, 0.6) is 0 Å². The molecule has 1 heterocycles. The van der Waals surface area contributed by atoms with Gasteiger partial charge in [-0.15, -0.1) is 0 Å². The first-order chi connectivity index (χ1) is 10.8. The van der Waals surface area contributed by atoms with Crippen molar-refractivity contribution in [2.24, 2.45) is 5.92 Å². The minimum absolute atomic E-state index is 0.104. The molecule has 1 saturated heterocycles. The van der Waals surface area contributed by atoms with Gasteiger partial charge in [-0.2, -0.15) is 13.2 Å². The topological polar surface area (TPSA) is 61.4 Å². The van der Waals surface area contributed by atoms with Crippen LogP contribution in [0.15, 0.2) is 24.3 Å². The van der Waals surface area contributed by atoms with Crippen LogP contribution in [0.4, 0.5) is 18.9 Å². The average molecular weight is 329 g/mol. The highest BCUT2D eigenvalue weighted by molar-refractivity contribution is 5.93. The van der Waals surface area contributed by atoms with Gasteiger partial charge in [-0.1, -0.05) is 12.1 Å². The van der Waals surface area contributed by atoms with Gasteiger partial charge in [0.1, 0.15) is 0 Å². The molecule has 1 aromatic carbocycles. The fourth-order valence-corrected chi connectivity index (χ4v) is 2.43. The Balaban J connectivity index is 1.99. The molecule has 8 heteroatoms. The van der Waals surface area contributed by atoms with Crippen LogP contribution in [0.1, 0.15) is 12.0 Å². The molecule has 1 unspecified atom stereocenters. The molecule has 1 aliphatic rings. The third kappa shape index (κ3) is 4.69. The zero-order valence-electron chi connectivity index (χ0n) is 12.6. The number of hydrogen-bond acceptors (Lipinski definition) is 3. The summed E-state index contributed by atoms with van der Waals surface area (Å²) in [6.45, 7) is 1.23. The predicted molar refractivity (Wildman–Crippen MR) is 78.6 cm³/mol. The van der Waals surface area contributed by atoms with E-state index in [9.17, 15) is 22.8 Å². The maximum Gasteiger partial charge on any atom is 0.471 e. The molecule has 1 atom stereocenters. The maximum absolute atomic E-state index is 12.4. The van der Waals surface area contributed by atoms with E-state index >= 15 is 0 Å². The van der Waals surface area contributed by atoms with Gasteiger partial charge in [0.25, 0.3) is 0 Å². The highest BCUT2D eigenvalue weighted by atomic mass is 19.4. The minimum Gasteiger partial charge on any atom is -0.334 e. The number of rotatable bonds is 4. The number of alkyl halides is 3. The van der Waals surface area contributed by atoms with E-state index in [4.69, 9.17) is 0 Å². The Morgan fingerprint density at radius 3 is 2.74 bits per heavy atom. The van der Waals surface area contributed by atoms with Crippen LogP contribution >= 0.6 is 0 Å². The van der Waals surface area contributed by atoms with Crippen molar-refractivity contribution < 1.29 is 22.8 Å². The molecule has 126 valence electrons. The van der Waals surface area contributed by atoms with Crippen molar-refractivity contribution in [2.75, 3.05) is 25.5 Å². The molecular weight excluding hydrogens is 311 g/mol. The summed E-state index contributed by atoms with van der Waals surface area (Å²) in [6, 6.07) is 6.46. The molecule has 0 aliphatic carbocycles. The summed E-state index contributed by atoms with van der Waals surface area (Å²) in [5.74, 6) is -2.12. The number of carbonyl (C=O) groups excluding carboxylic acids is 2. The predicted octanol–water partition coefficient (Wildman–Crippen LogP) is 1.76. The Bertz CT molecular complexity index is 584. The number of carbonyl (C=O) groups is 2. The molecule has 0 bridgehead atoms. The smallest absolute Gasteiger partial charge is 0.334 e. The summed E-state index contributed by atoms with van der Waals surface area (Å²) in [5, 5.41) is 5.84. The molecule has 23 heavy (non-hydrogen) atoms. The van der Waals surface area contributed by atoms with Crippen LogP contribution < -0.4 is 10.6 Å². The zero-order chi connectivity index (χ0) is 17.0. The summed E-state index contributed by atoms with van der Waals surface area (Å²) in [6.07, 6.45) is -4.13. The van der Waals surface area contributed by atoms with Gasteiger partial charge in [0, 0.05) is 25.8 Å². The van der Waals surface area contributed by atoms with Gasteiger partial charge in [-0.3, -0.25) is 9.59 Å². The van der Waals surface area contributed by atoms with Gasteiger partial charge in [-0.05, 0) is 30.7 Å². The Labute approximate surface area is 131 Å². The van der Waals surface area contributed by atoms with Crippen LogP contribution in [-0.2, 0) is 16.1 Å². The second-order valence-corrected chi connectivity index (χ2v) is 5.54. The first-order valence-electron chi connectivity index (χ1n) is 7.20. The number of halogens is 3. The lowest BCUT2D eigenvalue weighted by molar-refractivity contribution is -0.184. The molecule has 0 aromatic heterocycles. The molecule has 0 saturated carbocycles. The Morgan fingerprint density at radius 1 is 1.39 bits per heavy atom. The van der Waals surface area contributed by atoms with Gasteiger partial charge in [0.2, 0.25) is 5.91 Å². The van der Waals surface area contributed by atoms with Crippen molar-refractivity contribution in [1.29, 1.82) is 0 Å². The fraction of sp³-hybridized carbons (Fsp3) is 0.467. The van der Waals surface area contributed by atoms with Gasteiger partial charge in [0.05, 0.1) is 5.92 Å². The van der Waals surface area contributed by atoms with E-state index in [0.29, 0.717) is 22.7 Å². The monoisotopic (exact) mass is 329 g/mol. The minimum atomic E-state index is -4.89. The van der Waals surface area contributed by atoms with Crippen molar-refractivity contribution in [3.05, 3.63) is 29.8 Å². The van der Waals surface area contributed by atoms with Gasteiger partial charge >= 0.3 is 12.1 Å². The molecule has 0 radical (unpaired) electrons. The lowest BCUT2D eigenvalue weighted by Crippen LogP contribution is -2.37. The van der Waals surface area contributed by atoms with Crippen LogP contribution in [0.25, 0.3) is 0 Å². The molecule has 1 fully saturated rings. The van der Waals surface area contributed by atoms with Crippen LogP contribution in [0.2, 0.25) is 0 Å². The molecule has 1 aliphatic heterocycles. The molecular formula is C15H18F3N3O2. The molecule has 5 nitrogen and oxygen atoms in total. The Kier molecular flexibility index (Phi) is 5.25. The molecule has 0 spiro atoms. The first kappa shape index (κ1) is 17.3. The number of hydrogen-bond donors (Lipinski definition) is 2. The fourth-order valence-electron chi connectivity index (χ4n) is 2.43. The summed E-state index contributed by atoms with van der Waals surface area (Å²) >= 11 is 0. The molecule has 2 rings (SSSR count). The number of nitrogens with one attached hydrogen (secondary N) is 2. The normalized spacial score (nSPS) is 17.8. The van der Waals surface area contributed by atoms with Gasteiger partial charge in [-0.25, -0.2) is 0 Å². The lowest BCUT2D eigenvalue weighted by atomic mass is 10.1. The van der Waals surface area contributed by atoms with Gasteiger partial charge < -0.3 is 15.5 Å². The number of anilines is 1. The maximum atomic E-state index is 12.4. The van der Waals surface area contributed by atoms with E-state index in [2.05, 4.69) is 10.6 Å². The van der Waals surface area contributed by atoms with Crippen LogP contribution in [0, 0.1) is 5.92 Å². The number of nitrogens with zero attached hydrogens (tertiary/aromatic N) is 1. The molecule has 2 N–H and O–H groups in total. The summed E-state index contributed by atoms with van der Waals surface area (Å²) in [5.41, 5.74) is 1.01. The van der Waals surface area contributed by atoms with E-state index in [1.807, 2.05) is 0 Å². The van der Waals surface area contributed by atoms with Crippen LogP contribution in [0.3, 0.4) is 0 Å². The SMILES string of the molecule is CN(Cc1cccc(NC(=O)C2CCNC2)c1)C(=O)C(F)(F)F. The quantitative estimate of drug-likeness (QED) is 0.885. The average Bonchev–Trinajstić information content (AvgIpc) is 3.00. The van der Waals surface area contributed by atoms with Crippen molar-refractivity contribution in [1.82, 2.24) is 10.2 Å². The first-order valence-corrected chi connectivity index (χ1v) is 7.20. The van der Waals surface area contributed by atoms with Gasteiger partial charge in [0.15, 0.2) is 0 Å². The third-order valence-electron chi connectivity index (χ3n) is 3.63. The summed E-state index contributed by atoms with van der Waals surface area (Å²) in [7, 11) is 1.09. The number of amides is 2. The summed E-state index contributed by atoms with van der Waals surface area (Å²) < 4.78 is 37.1. The van der Waals surface area contributed by atoms with Crippen molar-refractivity contribution in [3.63, 3.8) is 0 Å². The highest BCUT2D eigenvalue weighted by Crippen LogP contribution is 2.20.